The average Bonchev–Trinajstić information content (AvgIpc) is 3.21. The molecular weight excluding hydrogens is 843 g/mol. The average molecular weight is 953 g/mol. The summed E-state index contributed by atoms with van der Waals surface area (Å²) in [5, 5.41) is 9.56. The molecule has 11 heteroatoms. The fraction of sp³-hybridized carbons (Fsp3) is 0.944. The predicted molar refractivity (Wildman–Crippen MR) is 280 cm³/mol. The highest BCUT2D eigenvalue weighted by Gasteiger charge is 2.46. The predicted octanol–water partition coefficient (Wildman–Crippen LogP) is 13.3. The zero-order chi connectivity index (χ0) is 49.8. The van der Waals surface area contributed by atoms with Gasteiger partial charge >= 0.3 is 8.80 Å². The van der Waals surface area contributed by atoms with Crippen LogP contribution in [0, 0.1) is 59.2 Å². The fourth-order valence-electron chi connectivity index (χ4n) is 11.2. The van der Waals surface area contributed by atoms with E-state index in [2.05, 4.69) is 113 Å². The summed E-state index contributed by atoms with van der Waals surface area (Å²) in [6.45, 7) is 44.9. The molecule has 0 aromatic rings. The number of hydrogen-bond donors (Lipinski definition) is 3. The van der Waals surface area contributed by atoms with E-state index in [9.17, 15) is 14.4 Å². The van der Waals surface area contributed by atoms with Crippen molar-refractivity contribution in [3.8, 4) is 0 Å². The van der Waals surface area contributed by atoms with Gasteiger partial charge in [0.2, 0.25) is 17.7 Å². The lowest BCUT2D eigenvalue weighted by molar-refractivity contribution is -0.127. The Labute approximate surface area is 405 Å². The number of nitrogens with one attached hydrogen (secondary N) is 3. The Morgan fingerprint density at radius 3 is 0.892 bits per heavy atom. The molecule has 0 radical (unpaired) electrons. The van der Waals surface area contributed by atoms with Gasteiger partial charge in [0.15, 0.2) is 0 Å². The van der Waals surface area contributed by atoms with Gasteiger partial charge in [-0.05, 0) is 177 Å². The SMILES string of the molecule is CC(C)C1CCC(C(=O)NC[Si](C(C)C)(C(C)C)C(C)C)CC1.CC(C)CNC(=O)C1CCC(C(C)C)CC1.CC(C)O[Si](CNC(=O)C1CCC(C(C)C)CC1)(OC(C)C)OC(C)C. The van der Waals surface area contributed by atoms with Gasteiger partial charge in [0.1, 0.15) is 0 Å². The van der Waals surface area contributed by atoms with Gasteiger partial charge < -0.3 is 29.2 Å². The van der Waals surface area contributed by atoms with E-state index >= 15 is 0 Å². The Morgan fingerprint density at radius 1 is 0.400 bits per heavy atom. The van der Waals surface area contributed by atoms with Crippen LogP contribution in [0.1, 0.15) is 216 Å². The van der Waals surface area contributed by atoms with Crippen molar-refractivity contribution < 1.29 is 27.7 Å². The molecule has 0 saturated heterocycles. The van der Waals surface area contributed by atoms with E-state index in [4.69, 9.17) is 13.3 Å². The smallest absolute Gasteiger partial charge is 0.370 e. The van der Waals surface area contributed by atoms with Crippen LogP contribution in [0.25, 0.3) is 0 Å². The highest BCUT2D eigenvalue weighted by atomic mass is 28.4. The Balaban J connectivity index is 0.000000501. The number of hydrogen-bond acceptors (Lipinski definition) is 6. The van der Waals surface area contributed by atoms with Crippen molar-refractivity contribution in [3.05, 3.63) is 0 Å². The number of amides is 3. The standard InChI is InChI=1S/C20H41NO4Si.C20H41NOSi.C14H27NO/c1-14(2)18-9-11-19(12-10-18)20(22)21-13-26(23-15(3)4,24-16(5)6)25-17(7)8;1-14(2)18-9-11-19(12-10-18)20(22)21-13-23(15(3)4,16(5)6)17(7)8;1-10(2)9-15-14(16)13-7-5-12(6-8-13)11(3)4/h14-19H,9-13H2,1-8H3,(H,21,22);14-19H,9-13H2,1-8H3,(H,21,22);10-13H,5-9H2,1-4H3,(H,15,16). The zero-order valence-electron chi connectivity index (χ0n) is 46.3. The van der Waals surface area contributed by atoms with Crippen molar-refractivity contribution in [2.24, 2.45) is 59.2 Å². The van der Waals surface area contributed by atoms with Crippen LogP contribution in [0.5, 0.6) is 0 Å². The summed E-state index contributed by atoms with van der Waals surface area (Å²) >= 11 is 0. The van der Waals surface area contributed by atoms with Crippen molar-refractivity contribution in [1.29, 1.82) is 0 Å². The van der Waals surface area contributed by atoms with Crippen molar-refractivity contribution in [2.75, 3.05) is 18.9 Å². The summed E-state index contributed by atoms with van der Waals surface area (Å²) in [6, 6.07) is 0. The Hall–Kier alpha value is -1.28. The minimum atomic E-state index is -2.97. The maximum atomic E-state index is 12.7. The maximum absolute atomic E-state index is 12.7. The van der Waals surface area contributed by atoms with Crippen molar-refractivity contribution >= 4 is 34.6 Å². The highest BCUT2D eigenvalue weighted by Crippen LogP contribution is 2.41. The second-order valence-corrected chi connectivity index (χ2v) is 32.4. The topological polar surface area (TPSA) is 115 Å². The molecule has 3 aliphatic carbocycles. The second-order valence-electron chi connectivity index (χ2n) is 23.9. The molecule has 3 fully saturated rings. The molecule has 0 aromatic carbocycles. The van der Waals surface area contributed by atoms with Crippen LogP contribution >= 0.6 is 0 Å². The molecule has 65 heavy (non-hydrogen) atoms. The first-order valence-corrected chi connectivity index (χ1v) is 31.4. The molecule has 0 aromatic heterocycles. The van der Waals surface area contributed by atoms with Crippen LogP contribution in [-0.4, -0.2) is 71.8 Å². The molecule has 0 bridgehead atoms. The van der Waals surface area contributed by atoms with Crippen molar-refractivity contribution in [1.82, 2.24) is 16.0 Å². The van der Waals surface area contributed by atoms with Crippen LogP contribution in [0.15, 0.2) is 0 Å². The molecule has 0 unspecified atom stereocenters. The van der Waals surface area contributed by atoms with Gasteiger partial charge in [-0.15, -0.1) is 0 Å². The first-order valence-electron chi connectivity index (χ1n) is 27.0. The first-order chi connectivity index (χ1) is 30.2. The summed E-state index contributed by atoms with van der Waals surface area (Å²) in [6.07, 6.45) is 14.8. The van der Waals surface area contributed by atoms with Crippen LogP contribution in [0.4, 0.5) is 0 Å². The van der Waals surface area contributed by atoms with E-state index in [1.807, 2.05) is 41.5 Å². The first kappa shape index (κ1) is 61.7. The summed E-state index contributed by atoms with van der Waals surface area (Å²) in [4.78, 5) is 37.3. The third-order valence-electron chi connectivity index (χ3n) is 15.5. The lowest BCUT2D eigenvalue weighted by Gasteiger charge is -2.43. The number of carbonyl (C=O) groups is 3. The van der Waals surface area contributed by atoms with Gasteiger partial charge in [-0.25, -0.2) is 0 Å². The molecule has 9 nitrogen and oxygen atoms in total. The van der Waals surface area contributed by atoms with E-state index in [1.165, 1.54) is 25.7 Å². The molecule has 3 saturated carbocycles. The Kier molecular flexibility index (Phi) is 28.8. The van der Waals surface area contributed by atoms with Crippen LogP contribution in [0.3, 0.4) is 0 Å². The van der Waals surface area contributed by atoms with Gasteiger partial charge in [-0.2, -0.15) is 0 Å². The molecule has 3 N–H and O–H groups in total. The normalized spacial score (nSPS) is 23.4. The van der Waals surface area contributed by atoms with Crippen LogP contribution < -0.4 is 16.0 Å². The minimum Gasteiger partial charge on any atom is -0.370 e. The molecule has 3 rings (SSSR count). The Bertz CT molecular complexity index is 1260. The third-order valence-corrected chi connectivity index (χ3v) is 25.8. The highest BCUT2D eigenvalue weighted by molar-refractivity contribution is 6.83. The third kappa shape index (κ3) is 21.9. The zero-order valence-corrected chi connectivity index (χ0v) is 48.3. The van der Waals surface area contributed by atoms with Crippen LogP contribution in [0.2, 0.25) is 16.6 Å². The molecule has 3 aliphatic rings. The second kappa shape index (κ2) is 30.4. The molecule has 0 heterocycles. The summed E-state index contributed by atoms with van der Waals surface area (Å²) < 4.78 is 18.4. The molecule has 384 valence electrons. The van der Waals surface area contributed by atoms with Crippen molar-refractivity contribution in [2.45, 2.75) is 250 Å². The molecular formula is C54H109N3O6Si2. The molecule has 3 amide bonds. The number of rotatable bonds is 21. The molecule has 0 atom stereocenters. The lowest BCUT2D eigenvalue weighted by atomic mass is 9.76. The molecule has 0 spiro atoms. The lowest BCUT2D eigenvalue weighted by Crippen LogP contribution is -2.59. The molecule has 0 aliphatic heterocycles. The summed E-state index contributed by atoms with van der Waals surface area (Å²) in [5.41, 5.74) is 2.12. The van der Waals surface area contributed by atoms with E-state index in [0.717, 1.165) is 93.7 Å². The van der Waals surface area contributed by atoms with Crippen molar-refractivity contribution in [3.63, 3.8) is 0 Å². The van der Waals surface area contributed by atoms with E-state index in [0.29, 0.717) is 40.5 Å². The van der Waals surface area contributed by atoms with Gasteiger partial charge in [-0.3, -0.25) is 14.4 Å². The van der Waals surface area contributed by atoms with Gasteiger partial charge in [0, 0.05) is 48.8 Å². The largest absolute Gasteiger partial charge is 0.521 e. The van der Waals surface area contributed by atoms with Gasteiger partial charge in [-0.1, -0.05) is 96.9 Å². The Morgan fingerprint density at radius 2 is 0.662 bits per heavy atom. The van der Waals surface area contributed by atoms with E-state index in [-0.39, 0.29) is 47.9 Å². The van der Waals surface area contributed by atoms with E-state index in [1.54, 1.807) is 0 Å². The summed E-state index contributed by atoms with van der Waals surface area (Å²) in [7, 11) is -4.49. The van der Waals surface area contributed by atoms with Gasteiger partial charge in [0.25, 0.3) is 0 Å². The summed E-state index contributed by atoms with van der Waals surface area (Å²) in [5.74, 6) is 6.63. The van der Waals surface area contributed by atoms with Crippen LogP contribution in [-0.2, 0) is 27.7 Å². The number of carbonyl (C=O) groups excluding carboxylic acids is 3. The van der Waals surface area contributed by atoms with Gasteiger partial charge in [0.05, 0.1) is 14.2 Å². The van der Waals surface area contributed by atoms with E-state index < -0.39 is 16.9 Å². The minimum absolute atomic E-state index is 0.0162. The monoisotopic (exact) mass is 952 g/mol. The quantitative estimate of drug-likeness (QED) is 0.0988. The fourth-order valence-corrected chi connectivity index (χ4v) is 19.9. The maximum Gasteiger partial charge on any atom is 0.521 e.